The SMILES string of the molecule is CCCCOC(=O)O.O=c1ccc(=O)[nH][nH]1. The predicted octanol–water partition coefficient (Wildman–Crippen LogP) is 0.544. The van der Waals surface area contributed by atoms with Crippen LogP contribution in [-0.2, 0) is 4.74 Å². The lowest BCUT2D eigenvalue weighted by Crippen LogP contribution is -2.14. The van der Waals surface area contributed by atoms with Crippen LogP contribution in [0.25, 0.3) is 0 Å². The summed E-state index contributed by atoms with van der Waals surface area (Å²) < 4.78 is 4.20. The van der Waals surface area contributed by atoms with Crippen LogP contribution in [0.5, 0.6) is 0 Å². The van der Waals surface area contributed by atoms with Crippen molar-refractivity contribution in [1.82, 2.24) is 10.2 Å². The van der Waals surface area contributed by atoms with Gasteiger partial charge in [0.15, 0.2) is 0 Å². The molecule has 0 bridgehead atoms. The minimum absolute atomic E-state index is 0.301. The summed E-state index contributed by atoms with van der Waals surface area (Å²) in [5, 5.41) is 12.1. The zero-order valence-corrected chi connectivity index (χ0v) is 8.86. The number of nitrogens with one attached hydrogen (secondary N) is 2. The maximum Gasteiger partial charge on any atom is 0.505 e. The standard InChI is InChI=1S/C5H10O3.C4H4N2O2/c1-2-3-4-8-5(6)7;7-3-1-2-4(8)6-5-3/h2-4H2,1H3,(H,6,7);1-2H,(H,5,7)(H,6,8). The number of rotatable bonds is 3. The van der Waals surface area contributed by atoms with Gasteiger partial charge in [-0.2, -0.15) is 0 Å². The molecule has 0 unspecified atom stereocenters. The first-order chi connectivity index (χ1) is 7.56. The minimum atomic E-state index is -1.18. The fraction of sp³-hybridized carbons (Fsp3) is 0.444. The van der Waals surface area contributed by atoms with Crippen LogP contribution in [0.3, 0.4) is 0 Å². The molecule has 0 amide bonds. The molecular weight excluding hydrogens is 216 g/mol. The molecule has 0 radical (unpaired) electrons. The van der Waals surface area contributed by atoms with Gasteiger partial charge < -0.3 is 9.84 Å². The van der Waals surface area contributed by atoms with E-state index in [4.69, 9.17) is 5.11 Å². The van der Waals surface area contributed by atoms with Gasteiger partial charge in [0.2, 0.25) is 0 Å². The van der Waals surface area contributed by atoms with Gasteiger partial charge in [0, 0.05) is 12.1 Å². The van der Waals surface area contributed by atoms with E-state index < -0.39 is 6.16 Å². The molecule has 16 heavy (non-hydrogen) atoms. The first kappa shape index (κ1) is 13.9. The second kappa shape index (κ2) is 8.27. The first-order valence-corrected chi connectivity index (χ1v) is 4.70. The molecule has 0 saturated heterocycles. The van der Waals surface area contributed by atoms with E-state index in [1.807, 2.05) is 6.92 Å². The summed E-state index contributed by atoms with van der Waals surface area (Å²) >= 11 is 0. The van der Waals surface area contributed by atoms with Crippen LogP contribution in [0.1, 0.15) is 19.8 Å². The molecule has 0 atom stereocenters. The summed E-state index contributed by atoms with van der Waals surface area (Å²) in [5.41, 5.74) is -0.603. The van der Waals surface area contributed by atoms with E-state index in [0.29, 0.717) is 6.61 Å². The number of unbranched alkanes of at least 4 members (excludes halogenated alkanes) is 1. The van der Waals surface area contributed by atoms with E-state index in [2.05, 4.69) is 14.9 Å². The third kappa shape index (κ3) is 8.54. The normalized spacial score (nSPS) is 8.81. The van der Waals surface area contributed by atoms with Crippen LogP contribution in [0.4, 0.5) is 4.79 Å². The molecule has 0 aliphatic rings. The molecule has 0 spiro atoms. The summed E-state index contributed by atoms with van der Waals surface area (Å²) in [7, 11) is 0. The van der Waals surface area contributed by atoms with Gasteiger partial charge in [0.1, 0.15) is 0 Å². The van der Waals surface area contributed by atoms with Crippen molar-refractivity contribution in [2.75, 3.05) is 6.61 Å². The number of H-pyrrole nitrogens is 2. The van der Waals surface area contributed by atoms with Crippen molar-refractivity contribution in [1.29, 1.82) is 0 Å². The number of aromatic nitrogens is 2. The summed E-state index contributed by atoms with van der Waals surface area (Å²) in [4.78, 5) is 30.0. The molecule has 0 aromatic carbocycles. The quantitative estimate of drug-likeness (QED) is 0.518. The van der Waals surface area contributed by atoms with Crippen molar-refractivity contribution in [2.24, 2.45) is 0 Å². The van der Waals surface area contributed by atoms with E-state index in [0.717, 1.165) is 12.8 Å². The molecule has 1 rings (SSSR count). The molecule has 1 aromatic heterocycles. The number of hydrogen-bond acceptors (Lipinski definition) is 4. The fourth-order valence-electron chi connectivity index (χ4n) is 0.662. The maximum atomic E-state index is 10.2. The molecule has 7 nitrogen and oxygen atoms in total. The maximum absolute atomic E-state index is 10.2. The molecule has 90 valence electrons. The van der Waals surface area contributed by atoms with Crippen molar-refractivity contribution >= 4 is 6.16 Å². The van der Waals surface area contributed by atoms with Gasteiger partial charge in [-0.15, -0.1) is 0 Å². The largest absolute Gasteiger partial charge is 0.505 e. The highest BCUT2D eigenvalue weighted by Gasteiger charge is 1.91. The molecular formula is C9H14N2O5. The molecule has 0 saturated carbocycles. The summed E-state index contributed by atoms with van der Waals surface area (Å²) in [5.74, 6) is 0. The molecule has 1 aromatic rings. The Morgan fingerprint density at radius 3 is 2.12 bits per heavy atom. The zero-order chi connectivity index (χ0) is 12.4. The van der Waals surface area contributed by atoms with Crippen molar-refractivity contribution < 1.29 is 14.6 Å². The van der Waals surface area contributed by atoms with Crippen molar-refractivity contribution in [3.05, 3.63) is 32.8 Å². The molecule has 0 aliphatic heterocycles. The average molecular weight is 230 g/mol. The van der Waals surface area contributed by atoms with Gasteiger partial charge in [0.25, 0.3) is 11.1 Å². The Morgan fingerprint density at radius 2 is 1.81 bits per heavy atom. The molecule has 1 heterocycles. The van der Waals surface area contributed by atoms with E-state index in [9.17, 15) is 14.4 Å². The van der Waals surface area contributed by atoms with Crippen LogP contribution >= 0.6 is 0 Å². The Balaban J connectivity index is 0.000000281. The number of carboxylic acid groups (broad SMARTS) is 1. The van der Waals surface area contributed by atoms with Crippen LogP contribution < -0.4 is 11.1 Å². The van der Waals surface area contributed by atoms with Gasteiger partial charge in [-0.1, -0.05) is 13.3 Å². The van der Waals surface area contributed by atoms with Gasteiger partial charge in [-0.25, -0.2) is 4.79 Å². The highest BCUT2D eigenvalue weighted by atomic mass is 16.7. The first-order valence-electron chi connectivity index (χ1n) is 4.70. The van der Waals surface area contributed by atoms with Crippen molar-refractivity contribution in [3.8, 4) is 0 Å². The summed E-state index contributed by atoms with van der Waals surface area (Å²) in [6, 6.07) is 2.33. The van der Waals surface area contributed by atoms with Crippen LogP contribution in [-0.4, -0.2) is 28.1 Å². The van der Waals surface area contributed by atoms with Crippen LogP contribution in [0, 0.1) is 0 Å². The van der Waals surface area contributed by atoms with Gasteiger partial charge in [0.05, 0.1) is 6.61 Å². The number of aromatic amines is 2. The zero-order valence-electron chi connectivity index (χ0n) is 8.86. The molecule has 0 fully saturated rings. The van der Waals surface area contributed by atoms with E-state index in [-0.39, 0.29) is 11.1 Å². The predicted molar refractivity (Wildman–Crippen MR) is 56.6 cm³/mol. The van der Waals surface area contributed by atoms with E-state index in [1.165, 1.54) is 12.1 Å². The van der Waals surface area contributed by atoms with Crippen molar-refractivity contribution in [3.63, 3.8) is 0 Å². The summed E-state index contributed by atoms with van der Waals surface area (Å²) in [6.07, 6.45) is 0.595. The Labute approximate surface area is 91.1 Å². The number of ether oxygens (including phenoxy) is 1. The van der Waals surface area contributed by atoms with Crippen LogP contribution in [0.2, 0.25) is 0 Å². The average Bonchev–Trinajstić information content (AvgIpc) is 2.23. The number of carbonyl (C=O) groups is 1. The lowest BCUT2D eigenvalue weighted by atomic mass is 10.4. The van der Waals surface area contributed by atoms with Gasteiger partial charge in [-0.3, -0.25) is 19.8 Å². The Kier molecular flexibility index (Phi) is 7.21. The monoisotopic (exact) mass is 230 g/mol. The fourth-order valence-corrected chi connectivity index (χ4v) is 0.662. The van der Waals surface area contributed by atoms with Gasteiger partial charge >= 0.3 is 6.16 Å². The molecule has 7 heteroatoms. The highest BCUT2D eigenvalue weighted by molar-refractivity contribution is 5.56. The Hall–Kier alpha value is -2.05. The second-order valence-electron chi connectivity index (χ2n) is 2.78. The highest BCUT2D eigenvalue weighted by Crippen LogP contribution is 1.86. The smallest absolute Gasteiger partial charge is 0.450 e. The molecule has 3 N–H and O–H groups in total. The second-order valence-corrected chi connectivity index (χ2v) is 2.78. The Bertz CT molecular complexity index is 356. The Morgan fingerprint density at radius 1 is 1.31 bits per heavy atom. The third-order valence-corrected chi connectivity index (χ3v) is 1.42. The van der Waals surface area contributed by atoms with Crippen molar-refractivity contribution in [2.45, 2.75) is 19.8 Å². The third-order valence-electron chi connectivity index (χ3n) is 1.42. The van der Waals surface area contributed by atoms with E-state index in [1.54, 1.807) is 0 Å². The number of hydrogen-bond donors (Lipinski definition) is 3. The summed E-state index contributed by atoms with van der Waals surface area (Å²) in [6.45, 7) is 2.30. The lowest BCUT2D eigenvalue weighted by Gasteiger charge is -1.94. The topological polar surface area (TPSA) is 112 Å². The molecule has 0 aliphatic carbocycles. The van der Waals surface area contributed by atoms with Gasteiger partial charge in [-0.05, 0) is 6.42 Å². The van der Waals surface area contributed by atoms with E-state index >= 15 is 0 Å². The van der Waals surface area contributed by atoms with Crippen LogP contribution in [0.15, 0.2) is 21.7 Å². The lowest BCUT2D eigenvalue weighted by molar-refractivity contribution is 0.0905. The minimum Gasteiger partial charge on any atom is -0.450 e.